The number of anilines is 1. The smallest absolute Gasteiger partial charge is 0.353 e. The Morgan fingerprint density at radius 3 is 2.78 bits per heavy atom. The molecule has 2 unspecified atom stereocenters. The third-order valence-electron chi connectivity index (χ3n) is 3.95. The average molecular weight is 486 g/mol. The largest absolute Gasteiger partial charge is 0.477 e. The van der Waals surface area contributed by atoms with Crippen LogP contribution in [0.2, 0.25) is 0 Å². The van der Waals surface area contributed by atoms with Crippen molar-refractivity contribution in [2.45, 2.75) is 11.4 Å². The summed E-state index contributed by atoms with van der Waals surface area (Å²) in [6.07, 6.45) is 1.13. The maximum absolute atomic E-state index is 12.7. The van der Waals surface area contributed by atoms with Crippen molar-refractivity contribution in [1.82, 2.24) is 19.6 Å². The minimum absolute atomic E-state index is 0.0284. The second-order valence-electron chi connectivity index (χ2n) is 5.94. The lowest BCUT2D eigenvalue weighted by Crippen LogP contribution is -2.71. The molecule has 15 nitrogen and oxygen atoms in total. The van der Waals surface area contributed by atoms with E-state index in [0.717, 1.165) is 22.6 Å². The summed E-state index contributed by atoms with van der Waals surface area (Å²) in [6, 6.07) is -1.09. The summed E-state index contributed by atoms with van der Waals surface area (Å²) in [5, 5.41) is 21.6. The van der Waals surface area contributed by atoms with Crippen LogP contribution in [0, 0.1) is 0 Å². The first-order valence-electron chi connectivity index (χ1n) is 8.44. The highest BCUT2D eigenvalue weighted by Crippen LogP contribution is 2.39. The molecule has 1 aromatic rings. The van der Waals surface area contributed by atoms with Gasteiger partial charge in [-0.3, -0.25) is 14.5 Å². The van der Waals surface area contributed by atoms with E-state index in [1.807, 2.05) is 0 Å². The number of amides is 2. The molecular weight excluding hydrogens is 471 g/mol. The van der Waals surface area contributed by atoms with Crippen molar-refractivity contribution in [2.24, 2.45) is 26.8 Å². The van der Waals surface area contributed by atoms with Crippen molar-refractivity contribution in [3.05, 3.63) is 17.1 Å². The van der Waals surface area contributed by atoms with Crippen LogP contribution >= 0.6 is 23.3 Å². The van der Waals surface area contributed by atoms with Crippen molar-refractivity contribution in [3.8, 4) is 0 Å². The molecule has 2 amide bonds. The number of oxime groups is 1. The Hall–Kier alpha value is -3.80. The van der Waals surface area contributed by atoms with Crippen LogP contribution in [0.25, 0.3) is 0 Å². The molecule has 3 heterocycles. The van der Waals surface area contributed by atoms with Crippen LogP contribution in [0.5, 0.6) is 0 Å². The van der Waals surface area contributed by atoms with Gasteiger partial charge in [0.15, 0.2) is 5.13 Å². The number of alkyl halides is 1. The Morgan fingerprint density at radius 2 is 2.19 bits per heavy atom. The van der Waals surface area contributed by atoms with Crippen molar-refractivity contribution in [2.75, 3.05) is 18.3 Å². The molecule has 0 bridgehead atoms. The molecule has 3 rings (SSSR count). The summed E-state index contributed by atoms with van der Waals surface area (Å²) in [5.74, 6) is -3.41. The zero-order chi connectivity index (χ0) is 23.4. The van der Waals surface area contributed by atoms with Gasteiger partial charge in [0.05, 0.1) is 6.21 Å². The van der Waals surface area contributed by atoms with Gasteiger partial charge in [0.2, 0.25) is 17.5 Å². The number of fused-ring (bicyclic) bond motifs is 1. The molecule has 2 aliphatic heterocycles. The topological polar surface area (TPSA) is 237 Å². The summed E-state index contributed by atoms with van der Waals surface area (Å²) in [4.78, 5) is 46.1. The van der Waals surface area contributed by atoms with E-state index >= 15 is 0 Å². The highest BCUT2D eigenvalue weighted by Gasteiger charge is 2.54. The number of halogens is 1. The number of hydrogen-bond acceptors (Lipinski definition) is 12. The highest BCUT2D eigenvalue weighted by atomic mass is 32.2. The van der Waals surface area contributed by atoms with Crippen molar-refractivity contribution < 1.29 is 28.7 Å². The number of carboxylic acid groups (broad SMARTS) is 1. The first-order valence-corrected chi connectivity index (χ1v) is 10.3. The number of β-lactam (4-membered cyclic amide) rings is 1. The van der Waals surface area contributed by atoms with Gasteiger partial charge in [-0.15, -0.1) is 16.9 Å². The molecule has 1 fully saturated rings. The summed E-state index contributed by atoms with van der Waals surface area (Å²) >= 11 is 1.94. The van der Waals surface area contributed by atoms with Crippen LogP contribution in [0.1, 0.15) is 5.82 Å². The maximum Gasteiger partial charge on any atom is 0.353 e. The fourth-order valence-corrected chi connectivity index (χ4v) is 4.45. The second kappa shape index (κ2) is 9.56. The molecule has 2 aliphatic rings. The quantitative estimate of drug-likeness (QED) is 0.114. The summed E-state index contributed by atoms with van der Waals surface area (Å²) in [5.41, 5.74) is 15.2. The molecule has 18 heteroatoms. The normalized spacial score (nSPS) is 20.6. The van der Waals surface area contributed by atoms with Gasteiger partial charge in [0.25, 0.3) is 18.7 Å². The second-order valence-corrected chi connectivity index (χ2v) is 7.83. The Kier molecular flexibility index (Phi) is 6.83. The molecule has 8 N–H and O–H groups in total. The van der Waals surface area contributed by atoms with Gasteiger partial charge in [0, 0.05) is 22.9 Å². The Balaban J connectivity index is 1.80. The predicted molar refractivity (Wildman–Crippen MR) is 112 cm³/mol. The lowest BCUT2D eigenvalue weighted by Gasteiger charge is -2.49. The zero-order valence-corrected chi connectivity index (χ0v) is 17.5. The molecule has 1 aromatic heterocycles. The van der Waals surface area contributed by atoms with E-state index < -0.39 is 41.8 Å². The maximum atomic E-state index is 12.7. The number of nitrogen functional groups attached to an aromatic ring is 1. The molecule has 0 spiro atoms. The lowest BCUT2D eigenvalue weighted by atomic mass is 10.0. The van der Waals surface area contributed by atoms with Crippen LogP contribution in [0.3, 0.4) is 0 Å². The first kappa shape index (κ1) is 22.9. The number of thioether (sulfide) groups is 1. The number of aromatic nitrogens is 2. The molecule has 0 aliphatic carbocycles. The number of guanidine groups is 1. The van der Waals surface area contributed by atoms with Gasteiger partial charge in [-0.1, -0.05) is 5.16 Å². The van der Waals surface area contributed by atoms with Crippen molar-refractivity contribution >= 4 is 64.1 Å². The van der Waals surface area contributed by atoms with E-state index in [2.05, 4.69) is 34.9 Å². The number of hydrogen-bond donors (Lipinski definition) is 5. The van der Waals surface area contributed by atoms with Crippen molar-refractivity contribution in [3.63, 3.8) is 0 Å². The van der Waals surface area contributed by atoms with Gasteiger partial charge in [0.1, 0.15) is 17.1 Å². The number of nitrogens with zero attached hydrogens (tertiary/aromatic N) is 6. The van der Waals surface area contributed by atoms with Gasteiger partial charge in [-0.05, 0) is 0 Å². The Morgan fingerprint density at radius 1 is 1.44 bits per heavy atom. The van der Waals surface area contributed by atoms with Crippen LogP contribution in [-0.2, 0) is 19.2 Å². The number of nitrogens with two attached hydrogens (primary N) is 3. The molecule has 0 saturated carbocycles. The summed E-state index contributed by atoms with van der Waals surface area (Å²) in [7, 11) is 0. The third kappa shape index (κ3) is 4.59. The van der Waals surface area contributed by atoms with Gasteiger partial charge < -0.3 is 32.5 Å². The predicted octanol–water partition coefficient (Wildman–Crippen LogP) is -2.23. The SMILES string of the molecule is NC(N)=N/N=C/C1=C(C(=O)O)N2C(=O)C(NC(=O)/C(=N\OCF)c3nsc(N)n3)C2SC1. The molecule has 0 aromatic carbocycles. The van der Waals surface area contributed by atoms with Crippen LogP contribution in [-0.4, -0.2) is 79.1 Å². The number of nitrogens with one attached hydrogen (secondary N) is 1. The number of carbonyl (C=O) groups is 3. The summed E-state index contributed by atoms with van der Waals surface area (Å²) < 4.78 is 16.2. The molecule has 1 saturated heterocycles. The zero-order valence-electron chi connectivity index (χ0n) is 15.8. The minimum atomic E-state index is -1.37. The first-order chi connectivity index (χ1) is 15.2. The van der Waals surface area contributed by atoms with E-state index in [4.69, 9.17) is 17.2 Å². The lowest BCUT2D eigenvalue weighted by molar-refractivity contribution is -0.150. The van der Waals surface area contributed by atoms with Crippen LogP contribution in [0.4, 0.5) is 9.52 Å². The standard InChI is InChI=1S/C14H15FN10O5S2/c15-3-30-23-5(8-21-14(18)32-24-8)9(26)20-6-10(27)25-7(12(28)29)4(2-31-11(6)25)1-19-22-13(16)17/h1,6,11H,2-3H2,(H,20,26)(H,28,29)(H4,16,17,22)(H2,18,21,24)/b19-1+,23-5-. The van der Waals surface area contributed by atoms with Gasteiger partial charge >= 0.3 is 5.97 Å². The van der Waals surface area contributed by atoms with Crippen LogP contribution in [0.15, 0.2) is 26.6 Å². The van der Waals surface area contributed by atoms with E-state index in [0.29, 0.717) is 0 Å². The van der Waals surface area contributed by atoms with E-state index in [1.165, 1.54) is 11.8 Å². The number of rotatable bonds is 8. The van der Waals surface area contributed by atoms with E-state index in [9.17, 15) is 23.9 Å². The minimum Gasteiger partial charge on any atom is -0.477 e. The molecule has 0 radical (unpaired) electrons. The fourth-order valence-electron chi connectivity index (χ4n) is 2.72. The molecule has 32 heavy (non-hydrogen) atoms. The number of carbonyl (C=O) groups excluding carboxylic acids is 2. The Labute approximate surface area is 186 Å². The molecular formula is C14H15FN10O5S2. The fraction of sp³-hybridized carbons (Fsp3) is 0.286. The number of carboxylic acids is 1. The van der Waals surface area contributed by atoms with Gasteiger partial charge in [-0.2, -0.15) is 14.5 Å². The van der Waals surface area contributed by atoms with E-state index in [1.54, 1.807) is 0 Å². The number of aliphatic carboxylic acids is 1. The molecule has 170 valence electrons. The highest BCUT2D eigenvalue weighted by molar-refractivity contribution is 8.00. The Bertz CT molecular complexity index is 1070. The summed E-state index contributed by atoms with van der Waals surface area (Å²) in [6.45, 7) is -1.32. The van der Waals surface area contributed by atoms with Crippen LogP contribution < -0.4 is 22.5 Å². The van der Waals surface area contributed by atoms with Gasteiger partial charge in [-0.25, -0.2) is 9.18 Å². The van der Waals surface area contributed by atoms with Crippen molar-refractivity contribution in [1.29, 1.82) is 0 Å². The average Bonchev–Trinajstić information content (AvgIpc) is 3.17. The monoisotopic (exact) mass is 486 g/mol. The molecule has 2 atom stereocenters. The third-order valence-corrected chi connectivity index (χ3v) is 5.79. The van der Waals surface area contributed by atoms with E-state index in [-0.39, 0.29) is 33.9 Å².